The summed E-state index contributed by atoms with van der Waals surface area (Å²) in [5.74, 6) is 0.341. The maximum Gasteiger partial charge on any atom is 0.222 e. The lowest BCUT2D eigenvalue weighted by molar-refractivity contribution is -0.870. The summed E-state index contributed by atoms with van der Waals surface area (Å²) >= 11 is 0. The molecule has 5 heteroatoms. The number of hydrogen-bond donors (Lipinski definition) is 2. The molecule has 0 aliphatic heterocycles. The smallest absolute Gasteiger partial charge is 0.222 e. The minimum absolute atomic E-state index is 0. The number of quaternary nitrogens is 1. The van der Waals surface area contributed by atoms with E-state index >= 15 is 0 Å². The molecule has 0 aromatic heterocycles. The number of aliphatic hydroxyl groups is 1. The number of nitrogens with one attached hydrogen (secondary N) is 1. The Morgan fingerprint density at radius 1 is 1.15 bits per heavy atom. The standard InChI is InChI=1S/C11H24N2O.C4H10O.BH4/c1-6-10(2)11(14)12-8-7-9-13(3,4)5;1-3-4(2)5;/h10H,6-9H2,1-5H3;4-5H,3H2,1-2H3;1H4/q;;-1/p+1. The monoisotopic (exact) mass is 290 g/mol. The van der Waals surface area contributed by atoms with Gasteiger partial charge in [-0.15, -0.1) is 0 Å². The Hall–Kier alpha value is -0.545. The van der Waals surface area contributed by atoms with Crippen molar-refractivity contribution in [3.63, 3.8) is 0 Å². The minimum Gasteiger partial charge on any atom is -0.393 e. The Morgan fingerprint density at radius 2 is 1.60 bits per heavy atom. The summed E-state index contributed by atoms with van der Waals surface area (Å²) in [5, 5.41) is 11.3. The fourth-order valence-corrected chi connectivity index (χ4v) is 1.12. The third kappa shape index (κ3) is 19.8. The van der Waals surface area contributed by atoms with E-state index < -0.39 is 0 Å². The Labute approximate surface area is 128 Å². The third-order valence-electron chi connectivity index (χ3n) is 2.96. The van der Waals surface area contributed by atoms with Gasteiger partial charge in [0.25, 0.3) is 0 Å². The molecule has 0 rings (SSSR count). The number of amides is 1. The molecule has 0 spiro atoms. The first kappa shape index (κ1) is 24.5. The quantitative estimate of drug-likeness (QED) is 0.409. The number of nitrogens with zero attached hydrogens (tertiary/aromatic N) is 1. The number of carbonyl (C=O) groups excluding carboxylic acids is 1. The highest BCUT2D eigenvalue weighted by molar-refractivity contribution is 5.78. The second-order valence-electron chi connectivity index (χ2n) is 6.23. The van der Waals surface area contributed by atoms with E-state index in [1.165, 1.54) is 0 Å². The summed E-state index contributed by atoms with van der Waals surface area (Å²) in [6.07, 6.45) is 2.71. The molecule has 0 saturated heterocycles. The second kappa shape index (κ2) is 13.4. The molecule has 20 heavy (non-hydrogen) atoms. The molecule has 0 aliphatic rings. The molecule has 0 aliphatic carbocycles. The van der Waals surface area contributed by atoms with E-state index in [1.807, 2.05) is 20.8 Å². The first-order valence-corrected chi connectivity index (χ1v) is 7.40. The summed E-state index contributed by atoms with van der Waals surface area (Å²) in [7, 11) is 6.49. The molecule has 4 nitrogen and oxygen atoms in total. The zero-order valence-corrected chi connectivity index (χ0v) is 14.0. The van der Waals surface area contributed by atoms with Crippen LogP contribution < -0.4 is 5.32 Å². The second-order valence-corrected chi connectivity index (χ2v) is 6.23. The Morgan fingerprint density at radius 3 is 1.90 bits per heavy atom. The molecule has 124 valence electrons. The lowest BCUT2D eigenvalue weighted by Gasteiger charge is -2.23. The van der Waals surface area contributed by atoms with Crippen LogP contribution in [0.25, 0.3) is 0 Å². The first-order valence-electron chi connectivity index (χ1n) is 7.40. The summed E-state index contributed by atoms with van der Waals surface area (Å²) in [4.78, 5) is 11.4. The highest BCUT2D eigenvalue weighted by Gasteiger charge is 2.10. The molecule has 0 saturated carbocycles. The van der Waals surface area contributed by atoms with Crippen molar-refractivity contribution in [2.75, 3.05) is 34.2 Å². The van der Waals surface area contributed by atoms with Gasteiger partial charge in [0.1, 0.15) is 0 Å². The third-order valence-corrected chi connectivity index (χ3v) is 2.96. The van der Waals surface area contributed by atoms with Gasteiger partial charge in [-0.3, -0.25) is 4.79 Å². The highest BCUT2D eigenvalue weighted by Crippen LogP contribution is 1.99. The van der Waals surface area contributed by atoms with E-state index in [4.69, 9.17) is 5.11 Å². The van der Waals surface area contributed by atoms with Crippen molar-refractivity contribution < 1.29 is 14.4 Å². The van der Waals surface area contributed by atoms with Crippen molar-refractivity contribution in [2.24, 2.45) is 5.92 Å². The first-order chi connectivity index (χ1) is 8.64. The van der Waals surface area contributed by atoms with Crippen LogP contribution in [0, 0.1) is 5.92 Å². The van der Waals surface area contributed by atoms with E-state index in [1.54, 1.807) is 6.92 Å². The van der Waals surface area contributed by atoms with E-state index in [0.29, 0.717) is 0 Å². The van der Waals surface area contributed by atoms with Crippen LogP contribution in [0.15, 0.2) is 0 Å². The van der Waals surface area contributed by atoms with E-state index in [9.17, 15) is 4.79 Å². The molecular formula is C15H39BN2O2. The fourth-order valence-electron chi connectivity index (χ4n) is 1.12. The average Bonchev–Trinajstić information content (AvgIpc) is 2.32. The van der Waals surface area contributed by atoms with Crippen molar-refractivity contribution in [1.29, 1.82) is 0 Å². The van der Waals surface area contributed by atoms with Crippen molar-refractivity contribution in [2.45, 2.75) is 53.1 Å². The Kier molecular flexibility index (Phi) is 16.4. The van der Waals surface area contributed by atoms with E-state index in [0.717, 1.165) is 36.8 Å². The summed E-state index contributed by atoms with van der Waals surface area (Å²) in [6.45, 7) is 9.63. The van der Waals surface area contributed by atoms with E-state index in [2.05, 4.69) is 26.5 Å². The molecular weight excluding hydrogens is 251 g/mol. The van der Waals surface area contributed by atoms with Crippen LogP contribution in [0.2, 0.25) is 0 Å². The zero-order valence-electron chi connectivity index (χ0n) is 14.0. The molecule has 2 N–H and O–H groups in total. The molecule has 0 bridgehead atoms. The fraction of sp³-hybridized carbons (Fsp3) is 0.933. The number of aliphatic hydroxyl groups excluding tert-OH is 1. The lowest BCUT2D eigenvalue weighted by Crippen LogP contribution is -2.38. The van der Waals surface area contributed by atoms with Gasteiger partial charge < -0.3 is 14.9 Å². The van der Waals surface area contributed by atoms with Gasteiger partial charge >= 0.3 is 0 Å². The van der Waals surface area contributed by atoms with Gasteiger partial charge in [0.15, 0.2) is 0 Å². The normalized spacial score (nSPS) is 13.4. The van der Waals surface area contributed by atoms with Gasteiger partial charge in [0, 0.05) is 18.9 Å². The molecule has 0 radical (unpaired) electrons. The molecule has 0 aromatic carbocycles. The predicted octanol–water partition coefficient (Wildman–Crippen LogP) is 0.571. The summed E-state index contributed by atoms with van der Waals surface area (Å²) < 4.78 is 0.958. The molecule has 1 amide bonds. The van der Waals surface area contributed by atoms with E-state index in [-0.39, 0.29) is 26.3 Å². The maximum absolute atomic E-state index is 11.4. The molecule has 0 fully saturated rings. The van der Waals surface area contributed by atoms with Crippen LogP contribution in [0.1, 0.15) is 47.0 Å². The van der Waals surface area contributed by atoms with Crippen molar-refractivity contribution in [1.82, 2.24) is 5.32 Å². The van der Waals surface area contributed by atoms with Crippen molar-refractivity contribution in [3.05, 3.63) is 0 Å². The van der Waals surface area contributed by atoms with Crippen LogP contribution >= 0.6 is 0 Å². The number of hydrogen-bond acceptors (Lipinski definition) is 2. The van der Waals surface area contributed by atoms with Gasteiger partial charge in [0.05, 0.1) is 33.8 Å². The van der Waals surface area contributed by atoms with Gasteiger partial charge in [-0.1, -0.05) is 29.2 Å². The number of rotatable bonds is 7. The molecule has 0 aromatic rings. The highest BCUT2D eigenvalue weighted by atomic mass is 16.3. The van der Waals surface area contributed by atoms with Gasteiger partial charge in [-0.25, -0.2) is 0 Å². The summed E-state index contributed by atoms with van der Waals surface area (Å²) in [5.41, 5.74) is 0. The maximum atomic E-state index is 11.4. The zero-order chi connectivity index (χ0) is 15.5. The Balaban J connectivity index is -0.000000414. The largest absolute Gasteiger partial charge is 0.393 e. The minimum atomic E-state index is -0.116. The SMILES string of the molecule is CCC(C)C(=O)NCCC[N+](C)(C)C.CCC(C)O.[BH4-]. The van der Waals surface area contributed by atoms with Crippen LogP contribution in [-0.4, -0.2) is 64.2 Å². The average molecular weight is 290 g/mol. The lowest BCUT2D eigenvalue weighted by atomic mass is 10.1. The predicted molar refractivity (Wildman–Crippen MR) is 93.3 cm³/mol. The van der Waals surface area contributed by atoms with Gasteiger partial charge in [-0.2, -0.15) is 0 Å². The van der Waals surface area contributed by atoms with Gasteiger partial charge in [-0.05, 0) is 19.8 Å². The van der Waals surface area contributed by atoms with Crippen LogP contribution in [-0.2, 0) is 4.79 Å². The number of carbonyl (C=O) groups is 1. The molecule has 0 heterocycles. The molecule has 2 atom stereocenters. The van der Waals surface area contributed by atoms with Crippen molar-refractivity contribution >= 4 is 14.3 Å². The van der Waals surface area contributed by atoms with Crippen molar-refractivity contribution in [3.8, 4) is 0 Å². The Bertz CT molecular complexity index is 228. The topological polar surface area (TPSA) is 49.3 Å². The molecule has 2 unspecified atom stereocenters. The van der Waals surface area contributed by atoms with Gasteiger partial charge in [0.2, 0.25) is 5.91 Å². The van der Waals surface area contributed by atoms with Crippen LogP contribution in [0.4, 0.5) is 0 Å². The van der Waals surface area contributed by atoms with Crippen LogP contribution in [0.5, 0.6) is 0 Å². The summed E-state index contributed by atoms with van der Waals surface area (Å²) in [6, 6.07) is 0. The van der Waals surface area contributed by atoms with Crippen LogP contribution in [0.3, 0.4) is 0 Å².